The lowest BCUT2D eigenvalue weighted by atomic mass is 10.2. The first-order valence-corrected chi connectivity index (χ1v) is 7.10. The first kappa shape index (κ1) is 13.9. The Hall–Kier alpha value is -2.07. The molecule has 0 saturated heterocycles. The summed E-state index contributed by atoms with van der Waals surface area (Å²) in [5.41, 5.74) is 1.96. The van der Waals surface area contributed by atoms with Crippen LogP contribution in [0.15, 0.2) is 36.4 Å². The zero-order valence-corrected chi connectivity index (χ0v) is 12.4. The van der Waals surface area contributed by atoms with Crippen LogP contribution < -0.4 is 19.5 Å². The predicted molar refractivity (Wildman–Crippen MR) is 82.8 cm³/mol. The van der Waals surface area contributed by atoms with Gasteiger partial charge in [-0.05, 0) is 30.3 Å². The number of benzene rings is 2. The van der Waals surface area contributed by atoms with E-state index >= 15 is 0 Å². The highest BCUT2D eigenvalue weighted by Gasteiger charge is 2.12. The average molecular weight is 306 g/mol. The summed E-state index contributed by atoms with van der Waals surface area (Å²) in [5, 5.41) is 4.03. The van der Waals surface area contributed by atoms with Crippen LogP contribution in [0.4, 0.5) is 5.69 Å². The molecule has 110 valence electrons. The number of ether oxygens (including phenoxy) is 3. The van der Waals surface area contributed by atoms with Crippen LogP contribution in [0.2, 0.25) is 5.02 Å². The number of hydrogen-bond acceptors (Lipinski definition) is 4. The molecule has 4 nitrogen and oxygen atoms in total. The van der Waals surface area contributed by atoms with E-state index in [1.54, 1.807) is 7.11 Å². The van der Waals surface area contributed by atoms with Gasteiger partial charge in [0.15, 0.2) is 11.5 Å². The molecule has 0 amide bonds. The molecule has 1 heterocycles. The Morgan fingerprint density at radius 2 is 1.90 bits per heavy atom. The van der Waals surface area contributed by atoms with Crippen LogP contribution in [-0.2, 0) is 6.54 Å². The Balaban J connectivity index is 1.74. The van der Waals surface area contributed by atoms with E-state index in [-0.39, 0.29) is 0 Å². The van der Waals surface area contributed by atoms with Gasteiger partial charge in [0.05, 0.1) is 7.11 Å². The summed E-state index contributed by atoms with van der Waals surface area (Å²) in [4.78, 5) is 0. The number of hydrogen-bond donors (Lipinski definition) is 1. The van der Waals surface area contributed by atoms with Gasteiger partial charge in [0.1, 0.15) is 19.0 Å². The average Bonchev–Trinajstić information content (AvgIpc) is 2.53. The molecule has 0 fully saturated rings. The normalized spacial score (nSPS) is 12.9. The molecule has 2 aromatic rings. The summed E-state index contributed by atoms with van der Waals surface area (Å²) in [6.45, 7) is 1.79. The maximum absolute atomic E-state index is 6.03. The molecule has 0 atom stereocenters. The van der Waals surface area contributed by atoms with Crippen molar-refractivity contribution in [3.8, 4) is 17.2 Å². The summed E-state index contributed by atoms with van der Waals surface area (Å²) >= 11 is 6.03. The summed E-state index contributed by atoms with van der Waals surface area (Å²) in [7, 11) is 1.65. The van der Waals surface area contributed by atoms with Crippen LogP contribution in [0.3, 0.4) is 0 Å². The highest BCUT2D eigenvalue weighted by molar-refractivity contribution is 6.30. The van der Waals surface area contributed by atoms with Crippen LogP contribution in [0.5, 0.6) is 17.2 Å². The molecule has 0 unspecified atom stereocenters. The van der Waals surface area contributed by atoms with Gasteiger partial charge in [-0.3, -0.25) is 0 Å². The molecule has 0 aliphatic carbocycles. The van der Waals surface area contributed by atoms with Crippen molar-refractivity contribution in [2.24, 2.45) is 0 Å². The first-order valence-electron chi connectivity index (χ1n) is 6.72. The molecule has 5 heteroatoms. The van der Waals surface area contributed by atoms with Crippen molar-refractivity contribution in [1.29, 1.82) is 0 Å². The topological polar surface area (TPSA) is 39.7 Å². The summed E-state index contributed by atoms with van der Waals surface area (Å²) in [6, 6.07) is 11.4. The van der Waals surface area contributed by atoms with Crippen molar-refractivity contribution in [2.45, 2.75) is 6.54 Å². The maximum Gasteiger partial charge on any atom is 0.163 e. The molecule has 0 radical (unpaired) electrons. The van der Waals surface area contributed by atoms with E-state index in [1.165, 1.54) is 0 Å². The molecular weight excluding hydrogens is 290 g/mol. The van der Waals surface area contributed by atoms with E-state index in [9.17, 15) is 0 Å². The summed E-state index contributed by atoms with van der Waals surface area (Å²) in [5.74, 6) is 2.36. The summed E-state index contributed by atoms with van der Waals surface area (Å²) < 4.78 is 16.4. The fourth-order valence-corrected chi connectivity index (χ4v) is 2.43. The second-order valence-corrected chi connectivity index (χ2v) is 5.10. The fourth-order valence-electron chi connectivity index (χ4n) is 2.24. The minimum Gasteiger partial charge on any atom is -0.496 e. The zero-order chi connectivity index (χ0) is 14.7. The molecule has 0 spiro atoms. The van der Waals surface area contributed by atoms with Gasteiger partial charge in [0, 0.05) is 28.9 Å². The number of halogens is 1. The molecule has 0 aromatic heterocycles. The maximum atomic E-state index is 6.03. The van der Waals surface area contributed by atoms with E-state index < -0.39 is 0 Å². The van der Waals surface area contributed by atoms with Crippen molar-refractivity contribution in [1.82, 2.24) is 0 Å². The van der Waals surface area contributed by atoms with Gasteiger partial charge in [0.2, 0.25) is 0 Å². The Kier molecular flexibility index (Phi) is 4.06. The van der Waals surface area contributed by atoms with Crippen LogP contribution >= 0.6 is 11.6 Å². The van der Waals surface area contributed by atoms with Gasteiger partial charge < -0.3 is 19.5 Å². The minimum atomic E-state index is 0.582. The van der Waals surface area contributed by atoms with Gasteiger partial charge in [-0.1, -0.05) is 11.6 Å². The van der Waals surface area contributed by atoms with Crippen molar-refractivity contribution in [3.63, 3.8) is 0 Å². The lowest BCUT2D eigenvalue weighted by Gasteiger charge is -2.19. The van der Waals surface area contributed by atoms with E-state index in [4.69, 9.17) is 25.8 Å². The number of fused-ring (bicyclic) bond motifs is 1. The highest BCUT2D eigenvalue weighted by Crippen LogP contribution is 2.33. The molecular formula is C16H16ClNO3. The molecule has 21 heavy (non-hydrogen) atoms. The predicted octanol–water partition coefficient (Wildman–Crippen LogP) is 3.73. The van der Waals surface area contributed by atoms with Crippen molar-refractivity contribution < 1.29 is 14.2 Å². The fraction of sp³-hybridized carbons (Fsp3) is 0.250. The molecule has 0 saturated carbocycles. The van der Waals surface area contributed by atoms with Crippen LogP contribution in [0.1, 0.15) is 5.56 Å². The molecule has 1 N–H and O–H groups in total. The third-order valence-corrected chi connectivity index (χ3v) is 3.50. The molecule has 1 aliphatic heterocycles. The minimum absolute atomic E-state index is 0.582. The molecule has 2 aromatic carbocycles. The van der Waals surface area contributed by atoms with Crippen molar-refractivity contribution >= 4 is 17.3 Å². The van der Waals surface area contributed by atoms with Crippen LogP contribution in [0, 0.1) is 0 Å². The van der Waals surface area contributed by atoms with E-state index in [1.807, 2.05) is 36.4 Å². The monoisotopic (exact) mass is 305 g/mol. The third-order valence-electron chi connectivity index (χ3n) is 3.27. The van der Waals surface area contributed by atoms with Gasteiger partial charge in [-0.15, -0.1) is 0 Å². The SMILES string of the molecule is COc1ccc(Cl)cc1CNc1ccc2c(c1)OCCO2. The van der Waals surface area contributed by atoms with Crippen molar-refractivity contribution in [3.05, 3.63) is 47.0 Å². The lowest BCUT2D eigenvalue weighted by Crippen LogP contribution is -2.15. The quantitative estimate of drug-likeness (QED) is 0.934. The standard InChI is InChI=1S/C16H16ClNO3/c1-19-14-4-2-12(17)8-11(14)10-18-13-3-5-15-16(9-13)21-7-6-20-15/h2-5,8-9,18H,6-7,10H2,1H3. The Morgan fingerprint density at radius 3 is 2.71 bits per heavy atom. The van der Waals surface area contributed by atoms with Crippen LogP contribution in [-0.4, -0.2) is 20.3 Å². The Bertz CT molecular complexity index is 645. The van der Waals surface area contributed by atoms with Gasteiger partial charge in [-0.25, -0.2) is 0 Å². The second-order valence-electron chi connectivity index (χ2n) is 4.67. The van der Waals surface area contributed by atoms with Gasteiger partial charge >= 0.3 is 0 Å². The van der Waals surface area contributed by atoms with Gasteiger partial charge in [-0.2, -0.15) is 0 Å². The lowest BCUT2D eigenvalue weighted by molar-refractivity contribution is 0.171. The second kappa shape index (κ2) is 6.14. The largest absolute Gasteiger partial charge is 0.496 e. The Labute approximate surface area is 128 Å². The Morgan fingerprint density at radius 1 is 1.10 bits per heavy atom. The number of methoxy groups -OCH3 is 1. The smallest absolute Gasteiger partial charge is 0.163 e. The van der Waals surface area contributed by atoms with Crippen molar-refractivity contribution in [2.75, 3.05) is 25.6 Å². The number of nitrogens with one attached hydrogen (secondary N) is 1. The zero-order valence-electron chi connectivity index (χ0n) is 11.7. The number of anilines is 1. The van der Waals surface area contributed by atoms with E-state index in [0.29, 0.717) is 24.8 Å². The first-order chi connectivity index (χ1) is 10.3. The summed E-state index contributed by atoms with van der Waals surface area (Å²) in [6.07, 6.45) is 0. The van der Waals surface area contributed by atoms with Crippen LogP contribution in [0.25, 0.3) is 0 Å². The van der Waals surface area contributed by atoms with E-state index in [0.717, 1.165) is 28.5 Å². The molecule has 1 aliphatic rings. The molecule has 3 rings (SSSR count). The highest BCUT2D eigenvalue weighted by atomic mass is 35.5. The van der Waals surface area contributed by atoms with Gasteiger partial charge in [0.25, 0.3) is 0 Å². The number of rotatable bonds is 4. The van der Waals surface area contributed by atoms with E-state index in [2.05, 4.69) is 5.32 Å². The molecule has 0 bridgehead atoms. The third kappa shape index (κ3) is 3.16.